The fraction of sp³-hybridized carbons (Fsp3) is 0.625. The van der Waals surface area contributed by atoms with Gasteiger partial charge in [0.25, 0.3) is 0 Å². The lowest BCUT2D eigenvalue weighted by Gasteiger charge is -2.20. The first-order valence-electron chi connectivity index (χ1n) is 15.6. The van der Waals surface area contributed by atoms with Gasteiger partial charge in [-0.3, -0.25) is 14.3 Å². The predicted octanol–water partition coefficient (Wildman–Crippen LogP) is 7.90. The quantitative estimate of drug-likeness (QED) is 0.0832. The van der Waals surface area contributed by atoms with E-state index in [1.54, 1.807) is 24.3 Å². The van der Waals surface area contributed by atoms with Crippen LogP contribution in [0.1, 0.15) is 102 Å². The Balaban J connectivity index is 1.77. The van der Waals surface area contributed by atoms with Crippen molar-refractivity contribution in [3.8, 4) is 11.5 Å². The van der Waals surface area contributed by atoms with Gasteiger partial charge in [0.1, 0.15) is 18.1 Å². The number of benzene rings is 1. The molecule has 0 aliphatic heterocycles. The van der Waals surface area contributed by atoms with Gasteiger partial charge in [-0.1, -0.05) is 83.3 Å². The monoisotopic (exact) mass is 644 g/mol. The van der Waals surface area contributed by atoms with Crippen LogP contribution in [0, 0.1) is 0 Å². The van der Waals surface area contributed by atoms with Gasteiger partial charge in [0.2, 0.25) is 5.91 Å². The molecule has 2 aromatic rings. The molecular formula is C32H48F3N2O6P. The summed E-state index contributed by atoms with van der Waals surface area (Å²) in [4.78, 5) is 35.5. The van der Waals surface area contributed by atoms with Crippen molar-refractivity contribution in [2.75, 3.05) is 12.8 Å². The third-order valence-corrected chi connectivity index (χ3v) is 7.96. The topological polar surface area (TPSA) is 118 Å². The molecule has 1 heterocycles. The number of nitrogens with zero attached hydrogens (tertiary/aromatic N) is 1. The molecule has 248 valence electrons. The van der Waals surface area contributed by atoms with Crippen LogP contribution >= 0.6 is 7.60 Å². The van der Waals surface area contributed by atoms with Gasteiger partial charge in [0, 0.05) is 24.7 Å². The molecule has 0 saturated heterocycles. The predicted molar refractivity (Wildman–Crippen MR) is 165 cm³/mol. The molecule has 0 saturated carbocycles. The van der Waals surface area contributed by atoms with E-state index in [0.29, 0.717) is 24.3 Å². The number of ether oxygens (including phenoxy) is 2. The maximum atomic E-state index is 12.6. The normalized spacial score (nSPS) is 12.6. The zero-order chi connectivity index (χ0) is 32.3. The SMILES string of the molecule is CCCCCCCCCCCCCC(=O)N[C@H](CCP(=O)(O)O)Cc1ccc(OCc2cc(OCC(F)(F)F)ccn2)cc1. The first-order chi connectivity index (χ1) is 20.9. The average Bonchev–Trinajstić information content (AvgIpc) is 2.97. The van der Waals surface area contributed by atoms with Crippen molar-refractivity contribution in [2.45, 2.75) is 116 Å². The van der Waals surface area contributed by atoms with Gasteiger partial charge < -0.3 is 24.6 Å². The molecule has 12 heteroatoms. The summed E-state index contributed by atoms with van der Waals surface area (Å²) in [5, 5.41) is 2.96. The number of alkyl halides is 3. The minimum absolute atomic E-state index is 0.0164. The summed E-state index contributed by atoms with van der Waals surface area (Å²) < 4.78 is 59.1. The molecule has 44 heavy (non-hydrogen) atoms. The summed E-state index contributed by atoms with van der Waals surface area (Å²) in [5.74, 6) is 0.424. The van der Waals surface area contributed by atoms with Crippen LogP contribution < -0.4 is 14.8 Å². The second-order valence-electron chi connectivity index (χ2n) is 11.3. The second-order valence-corrected chi connectivity index (χ2v) is 13.0. The molecule has 0 spiro atoms. The molecule has 3 N–H and O–H groups in total. The van der Waals surface area contributed by atoms with Gasteiger partial charge in [-0.05, 0) is 43.0 Å². The van der Waals surface area contributed by atoms with Crippen molar-refractivity contribution in [3.63, 3.8) is 0 Å². The van der Waals surface area contributed by atoms with Gasteiger partial charge in [0.05, 0.1) is 11.9 Å². The Morgan fingerprint density at radius 3 is 2.11 bits per heavy atom. The Morgan fingerprint density at radius 1 is 0.909 bits per heavy atom. The lowest BCUT2D eigenvalue weighted by molar-refractivity contribution is -0.153. The lowest BCUT2D eigenvalue weighted by atomic mass is 10.0. The first-order valence-corrected chi connectivity index (χ1v) is 17.4. The average molecular weight is 645 g/mol. The van der Waals surface area contributed by atoms with E-state index in [9.17, 15) is 32.3 Å². The minimum atomic E-state index is -4.44. The molecule has 8 nitrogen and oxygen atoms in total. The highest BCUT2D eigenvalue weighted by molar-refractivity contribution is 7.51. The largest absolute Gasteiger partial charge is 0.487 e. The van der Waals surface area contributed by atoms with Crippen molar-refractivity contribution in [1.82, 2.24) is 10.3 Å². The highest BCUT2D eigenvalue weighted by Crippen LogP contribution is 2.35. The standard InChI is InChI=1S/C32H48F3N2O6P/c1-2-3-4-5-6-7-8-9-10-11-12-13-31(38)37-27(19-21-44(39,40)41)22-26-14-16-29(17-15-26)42-24-28-23-30(18-20-36-28)43-25-32(33,34)35/h14-18,20,23,27H,2-13,19,21-22,24-25H2,1H3,(H,37,38)(H2,39,40,41)/t27-/m1/s1. The number of aromatic nitrogens is 1. The highest BCUT2D eigenvalue weighted by atomic mass is 31.2. The Kier molecular flexibility index (Phi) is 17.4. The number of halogens is 3. The van der Waals surface area contributed by atoms with Crippen LogP contribution in [0.5, 0.6) is 11.5 Å². The summed E-state index contributed by atoms with van der Waals surface area (Å²) in [5.41, 5.74) is 1.25. The van der Waals surface area contributed by atoms with Crippen molar-refractivity contribution in [1.29, 1.82) is 0 Å². The molecule has 2 rings (SSSR count). The number of hydrogen-bond acceptors (Lipinski definition) is 5. The zero-order valence-corrected chi connectivity index (χ0v) is 26.6. The molecule has 1 aromatic carbocycles. The number of unbranched alkanes of at least 4 members (excludes halogenated alkanes) is 10. The molecule has 0 aliphatic rings. The lowest BCUT2D eigenvalue weighted by Crippen LogP contribution is -2.37. The molecule has 0 bridgehead atoms. The smallest absolute Gasteiger partial charge is 0.422 e. The van der Waals surface area contributed by atoms with Crippen LogP contribution in [0.25, 0.3) is 0 Å². The van der Waals surface area contributed by atoms with E-state index in [1.807, 2.05) is 0 Å². The van der Waals surface area contributed by atoms with E-state index in [1.165, 1.54) is 69.7 Å². The molecule has 0 unspecified atom stereocenters. The van der Waals surface area contributed by atoms with Gasteiger partial charge in [0.15, 0.2) is 6.61 Å². The van der Waals surface area contributed by atoms with E-state index in [4.69, 9.17) is 9.47 Å². The van der Waals surface area contributed by atoms with Crippen LogP contribution in [0.15, 0.2) is 42.6 Å². The van der Waals surface area contributed by atoms with Crippen LogP contribution in [0.2, 0.25) is 0 Å². The number of carbonyl (C=O) groups excluding carboxylic acids is 1. The molecular weight excluding hydrogens is 596 g/mol. The number of hydrogen-bond donors (Lipinski definition) is 3. The number of carbonyl (C=O) groups is 1. The number of pyridine rings is 1. The third-order valence-electron chi connectivity index (χ3n) is 7.12. The van der Waals surface area contributed by atoms with Crippen LogP contribution in [-0.2, 0) is 22.4 Å². The van der Waals surface area contributed by atoms with Crippen LogP contribution in [-0.4, -0.2) is 45.7 Å². The number of rotatable bonds is 23. The summed E-state index contributed by atoms with van der Waals surface area (Å²) >= 11 is 0. The van der Waals surface area contributed by atoms with Crippen molar-refractivity contribution in [3.05, 3.63) is 53.9 Å². The van der Waals surface area contributed by atoms with E-state index >= 15 is 0 Å². The molecule has 0 radical (unpaired) electrons. The number of amides is 1. The van der Waals surface area contributed by atoms with E-state index in [2.05, 4.69) is 17.2 Å². The Morgan fingerprint density at radius 2 is 1.52 bits per heavy atom. The fourth-order valence-electron chi connectivity index (χ4n) is 4.75. The van der Waals surface area contributed by atoms with Crippen molar-refractivity contribution < 1.29 is 41.8 Å². The summed E-state index contributed by atoms with van der Waals surface area (Å²) in [6, 6.07) is 9.31. The van der Waals surface area contributed by atoms with Gasteiger partial charge in [-0.15, -0.1) is 0 Å². The summed E-state index contributed by atoms with van der Waals surface area (Å²) in [6.45, 7) is 0.841. The van der Waals surface area contributed by atoms with Gasteiger partial charge in [-0.2, -0.15) is 13.2 Å². The molecule has 1 aromatic heterocycles. The van der Waals surface area contributed by atoms with Crippen molar-refractivity contribution >= 4 is 13.5 Å². The Bertz CT molecular complexity index is 1130. The summed E-state index contributed by atoms with van der Waals surface area (Å²) in [6.07, 6.45) is 10.6. The highest BCUT2D eigenvalue weighted by Gasteiger charge is 2.28. The minimum Gasteiger partial charge on any atom is -0.487 e. The van der Waals surface area contributed by atoms with Crippen LogP contribution in [0.3, 0.4) is 0 Å². The van der Waals surface area contributed by atoms with Gasteiger partial charge >= 0.3 is 13.8 Å². The maximum Gasteiger partial charge on any atom is 0.422 e. The third kappa shape index (κ3) is 18.9. The van der Waals surface area contributed by atoms with E-state index in [0.717, 1.165) is 24.8 Å². The Hall–Kier alpha value is -2.62. The maximum absolute atomic E-state index is 12.6. The summed E-state index contributed by atoms with van der Waals surface area (Å²) in [7, 11) is -4.22. The second kappa shape index (κ2) is 20.4. The fourth-order valence-corrected chi connectivity index (χ4v) is 5.40. The number of nitrogens with one attached hydrogen (secondary N) is 1. The van der Waals surface area contributed by atoms with E-state index < -0.39 is 26.4 Å². The van der Waals surface area contributed by atoms with Crippen LogP contribution in [0.4, 0.5) is 13.2 Å². The molecule has 0 fully saturated rings. The molecule has 1 amide bonds. The first kappa shape index (κ1) is 37.6. The Labute approximate surface area is 259 Å². The zero-order valence-electron chi connectivity index (χ0n) is 25.7. The molecule has 1 atom stereocenters. The van der Waals surface area contributed by atoms with E-state index in [-0.39, 0.29) is 30.8 Å². The van der Waals surface area contributed by atoms with Gasteiger partial charge in [-0.25, -0.2) is 0 Å². The molecule has 0 aliphatic carbocycles. The van der Waals surface area contributed by atoms with Crippen molar-refractivity contribution in [2.24, 2.45) is 0 Å².